The van der Waals surface area contributed by atoms with Crippen LogP contribution in [0.4, 0.5) is 0 Å². The minimum absolute atomic E-state index is 0.309. The molecule has 1 amide bonds. The zero-order valence-electron chi connectivity index (χ0n) is 11.1. The highest BCUT2D eigenvalue weighted by molar-refractivity contribution is 6.20. The number of primary amides is 1. The monoisotopic (exact) mass is 270 g/mol. The minimum Gasteiger partial charge on any atom is -0.370 e. The summed E-state index contributed by atoms with van der Waals surface area (Å²) in [6, 6.07) is 0. The van der Waals surface area contributed by atoms with Gasteiger partial charge in [0.1, 0.15) is 23.3 Å². The van der Waals surface area contributed by atoms with Gasteiger partial charge in [0.2, 0.25) is 11.9 Å². The average Bonchev–Trinajstić information content (AvgIpc) is 2.37. The molecule has 0 saturated heterocycles. The minimum atomic E-state index is -0.309. The highest BCUT2D eigenvalue weighted by Gasteiger charge is 2.29. The van der Waals surface area contributed by atoms with Crippen molar-refractivity contribution in [3.8, 4) is 0 Å². The fraction of sp³-hybridized carbons (Fsp3) is 0.308. The molecule has 0 saturated carbocycles. The third kappa shape index (κ3) is 2.29. The molecule has 0 aliphatic carbocycles. The van der Waals surface area contributed by atoms with Crippen molar-refractivity contribution in [1.82, 2.24) is 4.90 Å². The second kappa shape index (κ2) is 4.84. The fourth-order valence-electron chi connectivity index (χ4n) is 2.13. The first-order chi connectivity index (χ1) is 9.63. The van der Waals surface area contributed by atoms with E-state index in [-0.39, 0.29) is 5.91 Å². The van der Waals surface area contributed by atoms with Crippen LogP contribution in [0.3, 0.4) is 0 Å². The van der Waals surface area contributed by atoms with Gasteiger partial charge in [-0.2, -0.15) is 9.98 Å². The molecule has 3 rings (SSSR count). The number of amides is 1. The number of nitrogens with zero attached hydrogens (tertiary/aromatic N) is 5. The van der Waals surface area contributed by atoms with Crippen molar-refractivity contribution in [2.75, 3.05) is 0 Å². The molecule has 3 heterocycles. The number of carbonyl (C=O) groups is 1. The first-order valence-corrected chi connectivity index (χ1v) is 6.40. The van der Waals surface area contributed by atoms with Gasteiger partial charge in [-0.3, -0.25) is 4.79 Å². The van der Waals surface area contributed by atoms with Crippen LogP contribution in [0.2, 0.25) is 0 Å². The van der Waals surface area contributed by atoms with Crippen LogP contribution in [0.5, 0.6) is 0 Å². The van der Waals surface area contributed by atoms with Crippen molar-refractivity contribution in [2.45, 2.75) is 26.2 Å². The Morgan fingerprint density at radius 1 is 1.30 bits per heavy atom. The maximum absolute atomic E-state index is 10.8. The number of carbonyl (C=O) groups excluding carboxylic acids is 1. The zero-order valence-corrected chi connectivity index (χ0v) is 11.1. The lowest BCUT2D eigenvalue weighted by molar-refractivity contribution is -0.118. The molecular weight excluding hydrogens is 256 g/mol. The molecule has 102 valence electrons. The predicted octanol–water partition coefficient (Wildman–Crippen LogP) is 0.954. The predicted molar refractivity (Wildman–Crippen MR) is 77.5 cm³/mol. The van der Waals surface area contributed by atoms with Gasteiger partial charge in [-0.05, 0) is 25.5 Å². The largest absolute Gasteiger partial charge is 0.370 e. The van der Waals surface area contributed by atoms with Crippen LogP contribution in [0, 0.1) is 0 Å². The van der Waals surface area contributed by atoms with Crippen LogP contribution in [-0.2, 0) is 4.79 Å². The molecule has 7 heteroatoms. The van der Waals surface area contributed by atoms with Crippen molar-refractivity contribution in [3.05, 3.63) is 24.0 Å². The maximum Gasteiger partial charge on any atom is 0.240 e. The summed E-state index contributed by atoms with van der Waals surface area (Å²) in [4.78, 5) is 30.2. The van der Waals surface area contributed by atoms with Gasteiger partial charge in [0.25, 0.3) is 0 Å². The SMILES string of the molecule is CC1=NC2=NC(CCCC(N)=O)=NC3=CC=CC(=N1)N32. The summed E-state index contributed by atoms with van der Waals surface area (Å²) in [5.74, 6) is 3.12. The van der Waals surface area contributed by atoms with E-state index in [1.165, 1.54) is 0 Å². The lowest BCUT2D eigenvalue weighted by Gasteiger charge is -2.30. The van der Waals surface area contributed by atoms with E-state index in [0.29, 0.717) is 36.9 Å². The topological polar surface area (TPSA) is 95.8 Å². The third-order valence-corrected chi connectivity index (χ3v) is 2.98. The van der Waals surface area contributed by atoms with E-state index in [9.17, 15) is 4.79 Å². The van der Waals surface area contributed by atoms with Crippen molar-refractivity contribution in [1.29, 1.82) is 0 Å². The molecule has 0 bridgehead atoms. The van der Waals surface area contributed by atoms with Crippen molar-refractivity contribution in [2.24, 2.45) is 25.7 Å². The number of guanidine groups is 1. The Morgan fingerprint density at radius 2 is 2.15 bits per heavy atom. The lowest BCUT2D eigenvalue weighted by atomic mass is 10.2. The molecule has 0 radical (unpaired) electrons. The van der Waals surface area contributed by atoms with E-state index in [1.54, 1.807) is 0 Å². The number of rotatable bonds is 4. The Labute approximate surface area is 116 Å². The summed E-state index contributed by atoms with van der Waals surface area (Å²) in [7, 11) is 0. The molecule has 7 nitrogen and oxygen atoms in total. The summed E-state index contributed by atoms with van der Waals surface area (Å²) < 4.78 is 0. The molecule has 0 spiro atoms. The Bertz CT molecular complexity index is 650. The maximum atomic E-state index is 10.8. The molecule has 0 unspecified atom stereocenters. The number of amidine groups is 3. The van der Waals surface area contributed by atoms with Gasteiger partial charge in [0, 0.05) is 12.8 Å². The number of hydrogen-bond donors (Lipinski definition) is 1. The second-order valence-electron chi connectivity index (χ2n) is 4.61. The standard InChI is InChI=1S/C13H14N6O/c1-8-15-11-6-3-7-12-17-10(5-2-4-9(14)20)18-13(16-8)19(11)12/h3,6-7H,2,4-5H2,1H3,(H2,14,20). The Morgan fingerprint density at radius 3 is 2.95 bits per heavy atom. The molecule has 3 aliphatic heterocycles. The summed E-state index contributed by atoms with van der Waals surface area (Å²) in [5.41, 5.74) is 5.13. The van der Waals surface area contributed by atoms with E-state index in [2.05, 4.69) is 20.0 Å². The van der Waals surface area contributed by atoms with Gasteiger partial charge in [0.05, 0.1) is 0 Å². The third-order valence-electron chi connectivity index (χ3n) is 2.98. The van der Waals surface area contributed by atoms with Crippen LogP contribution in [0.1, 0.15) is 26.2 Å². The van der Waals surface area contributed by atoms with Gasteiger partial charge in [0.15, 0.2) is 0 Å². The fourth-order valence-corrected chi connectivity index (χ4v) is 2.13. The average molecular weight is 270 g/mol. The molecule has 0 fully saturated rings. The number of hydrogen-bond acceptors (Lipinski definition) is 6. The zero-order chi connectivity index (χ0) is 14.1. The summed E-state index contributed by atoms with van der Waals surface area (Å²) in [6.45, 7) is 1.83. The van der Waals surface area contributed by atoms with Crippen LogP contribution in [0.15, 0.2) is 44.0 Å². The first-order valence-electron chi connectivity index (χ1n) is 6.40. The van der Waals surface area contributed by atoms with Gasteiger partial charge in [-0.15, -0.1) is 0 Å². The molecule has 3 aliphatic rings. The molecule has 20 heavy (non-hydrogen) atoms. The molecule has 0 atom stereocenters. The van der Waals surface area contributed by atoms with Gasteiger partial charge < -0.3 is 5.73 Å². The molecule has 0 aromatic rings. The Balaban J connectivity index is 1.86. The van der Waals surface area contributed by atoms with Crippen LogP contribution >= 0.6 is 0 Å². The molecule has 0 aromatic carbocycles. The number of aliphatic imine (C=N–C) groups is 4. The van der Waals surface area contributed by atoms with E-state index in [1.807, 2.05) is 30.1 Å². The highest BCUT2D eigenvalue weighted by Crippen LogP contribution is 2.23. The number of nitrogens with two attached hydrogens (primary N) is 1. The van der Waals surface area contributed by atoms with Crippen molar-refractivity contribution >= 4 is 29.4 Å². The van der Waals surface area contributed by atoms with Crippen LogP contribution in [-0.4, -0.2) is 34.3 Å². The number of allylic oxidation sites excluding steroid dienone is 2. The van der Waals surface area contributed by atoms with E-state index in [0.717, 1.165) is 11.7 Å². The molecule has 0 aromatic heterocycles. The smallest absolute Gasteiger partial charge is 0.240 e. The lowest BCUT2D eigenvalue weighted by Crippen LogP contribution is -2.41. The van der Waals surface area contributed by atoms with Gasteiger partial charge in [-0.1, -0.05) is 6.08 Å². The summed E-state index contributed by atoms with van der Waals surface area (Å²) in [5, 5.41) is 0. The summed E-state index contributed by atoms with van der Waals surface area (Å²) >= 11 is 0. The Hall–Kier alpha value is -2.57. The second-order valence-corrected chi connectivity index (χ2v) is 4.61. The van der Waals surface area contributed by atoms with Crippen LogP contribution < -0.4 is 5.73 Å². The van der Waals surface area contributed by atoms with Gasteiger partial charge in [-0.25, -0.2) is 14.9 Å². The van der Waals surface area contributed by atoms with Crippen molar-refractivity contribution < 1.29 is 4.79 Å². The van der Waals surface area contributed by atoms with Gasteiger partial charge >= 0.3 is 0 Å². The Kier molecular flexibility index (Phi) is 3.02. The normalized spacial score (nSPS) is 19.4. The van der Waals surface area contributed by atoms with E-state index in [4.69, 9.17) is 5.73 Å². The molecular formula is C13H14N6O. The highest BCUT2D eigenvalue weighted by atomic mass is 16.1. The van der Waals surface area contributed by atoms with Crippen molar-refractivity contribution in [3.63, 3.8) is 0 Å². The molecule has 2 N–H and O–H groups in total. The van der Waals surface area contributed by atoms with E-state index >= 15 is 0 Å². The van der Waals surface area contributed by atoms with Crippen LogP contribution in [0.25, 0.3) is 0 Å². The quantitative estimate of drug-likeness (QED) is 0.823. The summed E-state index contributed by atoms with van der Waals surface area (Å²) in [6.07, 6.45) is 7.25. The van der Waals surface area contributed by atoms with E-state index < -0.39 is 0 Å². The first kappa shape index (κ1) is 12.5.